The van der Waals surface area contributed by atoms with Crippen LogP contribution in [0.2, 0.25) is 0 Å². The van der Waals surface area contributed by atoms with Crippen LogP contribution < -0.4 is 5.32 Å². The Labute approximate surface area is 178 Å². The van der Waals surface area contributed by atoms with Crippen LogP contribution in [0.1, 0.15) is 42.2 Å². The van der Waals surface area contributed by atoms with Crippen molar-refractivity contribution in [1.29, 1.82) is 0 Å². The number of para-hydroxylation sites is 1. The van der Waals surface area contributed by atoms with E-state index in [1.54, 1.807) is 7.11 Å². The zero-order valence-corrected chi connectivity index (χ0v) is 18.2. The summed E-state index contributed by atoms with van der Waals surface area (Å²) in [6.07, 6.45) is 0.808. The highest BCUT2D eigenvalue weighted by Gasteiger charge is 2.25. The number of hydrogen-bond donors (Lipinski definition) is 1. The van der Waals surface area contributed by atoms with Crippen LogP contribution in [0.15, 0.2) is 30.3 Å². The third-order valence-corrected chi connectivity index (χ3v) is 5.43. The fourth-order valence-electron chi connectivity index (χ4n) is 3.65. The van der Waals surface area contributed by atoms with Gasteiger partial charge in [0, 0.05) is 57.5 Å². The van der Waals surface area contributed by atoms with Gasteiger partial charge in [-0.1, -0.05) is 32.0 Å². The first-order valence-corrected chi connectivity index (χ1v) is 10.7. The summed E-state index contributed by atoms with van der Waals surface area (Å²) in [7, 11) is 1.65. The van der Waals surface area contributed by atoms with Gasteiger partial charge in [0.25, 0.3) is 5.91 Å². The predicted molar refractivity (Wildman–Crippen MR) is 118 cm³/mol. The zero-order valence-electron chi connectivity index (χ0n) is 18.2. The Hall–Kier alpha value is -2.51. The number of amides is 2. The molecule has 0 spiro atoms. The number of methoxy groups -OCH3 is 1. The second kappa shape index (κ2) is 10.5. The Balaban J connectivity index is 1.61. The summed E-state index contributed by atoms with van der Waals surface area (Å²) in [6, 6.07) is 9.76. The molecule has 7 nitrogen and oxygen atoms in total. The topological polar surface area (TPSA) is 74.8 Å². The van der Waals surface area contributed by atoms with Crippen LogP contribution in [-0.2, 0) is 9.53 Å². The molecule has 1 aliphatic rings. The smallest absolute Gasteiger partial charge is 0.254 e. The Kier molecular flexibility index (Phi) is 7.76. The SMILES string of the molecule is COCCCNC(=O)CN1CCN(C(=O)c2cc(C(C)C)nc3ccccc23)CC1. The van der Waals surface area contributed by atoms with Gasteiger partial charge in [-0.2, -0.15) is 0 Å². The lowest BCUT2D eigenvalue weighted by Crippen LogP contribution is -2.51. The number of ether oxygens (including phenoxy) is 1. The number of pyridine rings is 1. The van der Waals surface area contributed by atoms with Crippen molar-refractivity contribution in [2.45, 2.75) is 26.2 Å². The van der Waals surface area contributed by atoms with Gasteiger partial charge in [-0.15, -0.1) is 0 Å². The second-order valence-corrected chi connectivity index (χ2v) is 8.03. The molecule has 1 aromatic heterocycles. The van der Waals surface area contributed by atoms with Crippen LogP contribution in [-0.4, -0.2) is 79.6 Å². The standard InChI is InChI=1S/C23H32N4O3/c1-17(2)21-15-19(18-7-4-5-8-20(18)25-21)23(29)27-12-10-26(11-13-27)16-22(28)24-9-6-14-30-3/h4-5,7-8,15,17H,6,9-14,16H2,1-3H3,(H,24,28). The van der Waals surface area contributed by atoms with Gasteiger partial charge < -0.3 is 15.0 Å². The molecule has 2 amide bonds. The van der Waals surface area contributed by atoms with Gasteiger partial charge in [0.15, 0.2) is 0 Å². The average Bonchev–Trinajstić information content (AvgIpc) is 2.76. The van der Waals surface area contributed by atoms with Crippen molar-refractivity contribution < 1.29 is 14.3 Å². The van der Waals surface area contributed by atoms with E-state index in [9.17, 15) is 9.59 Å². The Morgan fingerprint density at radius 2 is 1.90 bits per heavy atom. The Morgan fingerprint density at radius 1 is 1.17 bits per heavy atom. The van der Waals surface area contributed by atoms with Crippen molar-refractivity contribution >= 4 is 22.7 Å². The predicted octanol–water partition coefficient (Wildman–Crippen LogP) is 2.27. The first-order chi connectivity index (χ1) is 14.5. The fraction of sp³-hybridized carbons (Fsp3) is 0.522. The van der Waals surface area contributed by atoms with E-state index < -0.39 is 0 Å². The molecule has 0 radical (unpaired) electrons. The van der Waals surface area contributed by atoms with Crippen LogP contribution >= 0.6 is 0 Å². The molecular weight excluding hydrogens is 380 g/mol. The van der Waals surface area contributed by atoms with E-state index in [1.165, 1.54) is 0 Å². The number of hydrogen-bond acceptors (Lipinski definition) is 5. The number of piperazine rings is 1. The van der Waals surface area contributed by atoms with E-state index in [4.69, 9.17) is 9.72 Å². The van der Waals surface area contributed by atoms with E-state index >= 15 is 0 Å². The number of rotatable bonds is 8. The summed E-state index contributed by atoms with van der Waals surface area (Å²) < 4.78 is 4.99. The van der Waals surface area contributed by atoms with Crippen molar-refractivity contribution in [3.8, 4) is 0 Å². The maximum Gasteiger partial charge on any atom is 0.254 e. The maximum absolute atomic E-state index is 13.3. The van der Waals surface area contributed by atoms with Gasteiger partial charge in [-0.25, -0.2) is 0 Å². The highest BCUT2D eigenvalue weighted by molar-refractivity contribution is 6.06. The van der Waals surface area contributed by atoms with Crippen molar-refractivity contribution in [3.05, 3.63) is 41.6 Å². The molecule has 0 aliphatic carbocycles. The molecule has 0 saturated carbocycles. The summed E-state index contributed by atoms with van der Waals surface area (Å²) in [4.78, 5) is 34.1. The van der Waals surface area contributed by atoms with Crippen LogP contribution in [0.4, 0.5) is 0 Å². The molecule has 0 unspecified atom stereocenters. The van der Waals surface area contributed by atoms with E-state index in [1.807, 2.05) is 35.2 Å². The van der Waals surface area contributed by atoms with Gasteiger partial charge in [0.1, 0.15) is 0 Å². The number of carbonyl (C=O) groups excluding carboxylic acids is 2. The molecule has 0 bridgehead atoms. The van der Waals surface area contributed by atoms with Crippen LogP contribution in [0.3, 0.4) is 0 Å². The van der Waals surface area contributed by atoms with Crippen LogP contribution in [0, 0.1) is 0 Å². The lowest BCUT2D eigenvalue weighted by atomic mass is 10.0. The minimum absolute atomic E-state index is 0.0209. The second-order valence-electron chi connectivity index (χ2n) is 8.03. The molecule has 0 atom stereocenters. The van der Waals surface area contributed by atoms with E-state index in [2.05, 4.69) is 24.1 Å². The third-order valence-electron chi connectivity index (χ3n) is 5.43. The van der Waals surface area contributed by atoms with Gasteiger partial charge in [0.2, 0.25) is 5.91 Å². The van der Waals surface area contributed by atoms with Gasteiger partial charge in [-0.05, 0) is 24.5 Å². The molecule has 2 aromatic rings. The van der Waals surface area contributed by atoms with Gasteiger partial charge in [0.05, 0.1) is 17.6 Å². The summed E-state index contributed by atoms with van der Waals surface area (Å²) in [5.41, 5.74) is 2.50. The number of benzene rings is 1. The van der Waals surface area contributed by atoms with E-state index in [-0.39, 0.29) is 17.7 Å². The molecule has 162 valence electrons. The third kappa shape index (κ3) is 5.55. The fourth-order valence-corrected chi connectivity index (χ4v) is 3.65. The molecular formula is C23H32N4O3. The summed E-state index contributed by atoms with van der Waals surface area (Å²) in [5.74, 6) is 0.312. The van der Waals surface area contributed by atoms with Crippen molar-refractivity contribution in [3.63, 3.8) is 0 Å². The number of fused-ring (bicyclic) bond motifs is 1. The largest absolute Gasteiger partial charge is 0.385 e. The summed E-state index contributed by atoms with van der Waals surface area (Å²) >= 11 is 0. The number of nitrogens with zero attached hydrogens (tertiary/aromatic N) is 3. The number of aromatic nitrogens is 1. The minimum Gasteiger partial charge on any atom is -0.385 e. The highest BCUT2D eigenvalue weighted by Crippen LogP contribution is 2.24. The molecule has 2 heterocycles. The van der Waals surface area contributed by atoms with Crippen molar-refractivity contribution in [2.24, 2.45) is 0 Å². The number of carbonyl (C=O) groups is 2. The molecule has 1 aliphatic heterocycles. The van der Waals surface area contributed by atoms with Crippen molar-refractivity contribution in [1.82, 2.24) is 20.1 Å². The highest BCUT2D eigenvalue weighted by atomic mass is 16.5. The van der Waals surface area contributed by atoms with Crippen LogP contribution in [0.25, 0.3) is 10.9 Å². The molecule has 3 rings (SSSR count). The molecule has 1 saturated heterocycles. The van der Waals surface area contributed by atoms with Gasteiger partial charge >= 0.3 is 0 Å². The first-order valence-electron chi connectivity index (χ1n) is 10.7. The van der Waals surface area contributed by atoms with E-state index in [0.717, 1.165) is 23.0 Å². The maximum atomic E-state index is 13.3. The molecule has 1 N–H and O–H groups in total. The lowest BCUT2D eigenvalue weighted by Gasteiger charge is -2.34. The first kappa shape index (κ1) is 22.2. The Morgan fingerprint density at radius 3 is 2.60 bits per heavy atom. The quantitative estimate of drug-likeness (QED) is 0.674. The molecule has 7 heteroatoms. The number of nitrogens with one attached hydrogen (secondary N) is 1. The van der Waals surface area contributed by atoms with E-state index in [0.29, 0.717) is 51.4 Å². The molecule has 1 fully saturated rings. The van der Waals surface area contributed by atoms with Crippen LogP contribution in [0.5, 0.6) is 0 Å². The zero-order chi connectivity index (χ0) is 21.5. The average molecular weight is 413 g/mol. The normalized spacial score (nSPS) is 15.0. The minimum atomic E-state index is 0.0209. The molecule has 30 heavy (non-hydrogen) atoms. The summed E-state index contributed by atoms with van der Waals surface area (Å²) in [5, 5.41) is 3.81. The lowest BCUT2D eigenvalue weighted by molar-refractivity contribution is -0.122. The summed E-state index contributed by atoms with van der Waals surface area (Å²) in [6.45, 7) is 8.42. The van der Waals surface area contributed by atoms with Crippen molar-refractivity contribution in [2.75, 3.05) is 53.0 Å². The van der Waals surface area contributed by atoms with Gasteiger partial charge in [-0.3, -0.25) is 19.5 Å². The molecule has 1 aromatic carbocycles. The monoisotopic (exact) mass is 412 g/mol. The Bertz CT molecular complexity index is 876.